The van der Waals surface area contributed by atoms with E-state index in [0.29, 0.717) is 0 Å². The minimum Gasteiger partial charge on any atom is -0.456 e. The largest absolute Gasteiger partial charge is 0.456 e. The highest BCUT2D eigenvalue weighted by molar-refractivity contribution is 6.13. The molecule has 0 radical (unpaired) electrons. The van der Waals surface area contributed by atoms with Crippen LogP contribution in [0.2, 0.25) is 0 Å². The van der Waals surface area contributed by atoms with Crippen molar-refractivity contribution < 1.29 is 4.74 Å². The second-order valence-electron chi connectivity index (χ2n) is 15.5. The fraction of sp³-hybridized carbons (Fsp3) is 0.0185. The molecule has 1 atom stereocenters. The minimum absolute atomic E-state index is 0.354. The predicted molar refractivity (Wildman–Crippen MR) is 241 cm³/mol. The Balaban J connectivity index is 0.964. The molecule has 0 saturated heterocycles. The van der Waals surface area contributed by atoms with Crippen molar-refractivity contribution in [3.63, 3.8) is 0 Å². The first kappa shape index (κ1) is 32.2. The minimum atomic E-state index is -0.354. The van der Waals surface area contributed by atoms with Crippen LogP contribution in [0.5, 0.6) is 11.5 Å². The number of para-hydroxylation sites is 3. The van der Waals surface area contributed by atoms with Crippen molar-refractivity contribution in [2.45, 2.75) is 6.29 Å². The first-order chi connectivity index (χ1) is 29.3. The van der Waals surface area contributed by atoms with Gasteiger partial charge in [-0.05, 0) is 94.4 Å². The summed E-state index contributed by atoms with van der Waals surface area (Å²) in [6, 6.07) is 69.8. The van der Waals surface area contributed by atoms with Crippen molar-refractivity contribution in [2.75, 3.05) is 0 Å². The predicted octanol–water partition coefficient (Wildman–Crippen LogP) is 12.0. The zero-order valence-electron chi connectivity index (χ0n) is 31.8. The zero-order chi connectivity index (χ0) is 38.6. The molecule has 2 aliphatic rings. The van der Waals surface area contributed by atoms with E-state index >= 15 is 0 Å². The van der Waals surface area contributed by atoms with Crippen LogP contribution in [-0.4, -0.2) is 9.13 Å². The SMILES string of the molecule is c1ccc(-c2ccc(-n3c4ccccc4c4cc(-c5ccc6c(c5)c5ccccc5n6C5N=c6cccc7c6=C(N5)c5ccccc5O7)ccc43)c3ccccc23)cc1. The highest BCUT2D eigenvalue weighted by Crippen LogP contribution is 2.41. The van der Waals surface area contributed by atoms with E-state index in [2.05, 4.69) is 184 Å². The van der Waals surface area contributed by atoms with Gasteiger partial charge in [0.2, 0.25) is 6.29 Å². The van der Waals surface area contributed by atoms with E-state index in [1.807, 2.05) is 24.3 Å². The Morgan fingerprint density at radius 2 is 1.03 bits per heavy atom. The van der Waals surface area contributed by atoms with Gasteiger partial charge in [-0.3, -0.25) is 0 Å². The molecule has 1 N–H and O–H groups in total. The smallest absolute Gasteiger partial charge is 0.201 e. The molecule has 4 heterocycles. The van der Waals surface area contributed by atoms with Crippen molar-refractivity contribution >= 4 is 60.1 Å². The standard InChI is InChI=1S/C54H34N4O/c1-2-13-33(14-3-1)36-27-30-47(38-16-5-4-15-37(36)38)57-45-21-9-6-17-39(45)42-31-34(25-28-48(42)57)35-26-29-49-43(32-35)40-18-7-10-22-46(40)58(49)54-55-44-20-12-24-51-52(44)53(56-54)41-19-8-11-23-50(41)59-51/h1-32,54,56H. The van der Waals surface area contributed by atoms with Crippen molar-refractivity contribution in [2.24, 2.45) is 4.99 Å². The summed E-state index contributed by atoms with van der Waals surface area (Å²) in [5, 5.41) is 13.1. The van der Waals surface area contributed by atoms with Gasteiger partial charge in [-0.1, -0.05) is 127 Å². The van der Waals surface area contributed by atoms with Gasteiger partial charge in [0.05, 0.1) is 44.0 Å². The Morgan fingerprint density at radius 3 is 1.86 bits per heavy atom. The molecule has 2 aromatic heterocycles. The number of rotatable bonds is 4. The van der Waals surface area contributed by atoms with Gasteiger partial charge in [0.15, 0.2) is 0 Å². The van der Waals surface area contributed by atoms with E-state index in [9.17, 15) is 0 Å². The fourth-order valence-electron chi connectivity index (χ4n) is 9.75. The van der Waals surface area contributed by atoms with Crippen molar-refractivity contribution in [1.82, 2.24) is 14.5 Å². The summed E-state index contributed by atoms with van der Waals surface area (Å²) in [5.74, 6) is 1.67. The van der Waals surface area contributed by atoms with E-state index in [1.165, 1.54) is 71.3 Å². The van der Waals surface area contributed by atoms with Crippen LogP contribution in [0, 0.1) is 0 Å². The van der Waals surface area contributed by atoms with Gasteiger partial charge in [-0.15, -0.1) is 0 Å². The van der Waals surface area contributed by atoms with Crippen LogP contribution in [0.25, 0.3) is 88.0 Å². The maximum atomic E-state index is 6.33. The molecule has 11 aromatic rings. The highest BCUT2D eigenvalue weighted by atomic mass is 16.5. The summed E-state index contributed by atoms with van der Waals surface area (Å²) in [5.41, 5.74) is 12.7. The molecule has 5 nitrogen and oxygen atoms in total. The molecule has 59 heavy (non-hydrogen) atoms. The third-order valence-corrected chi connectivity index (χ3v) is 12.4. The third-order valence-electron chi connectivity index (χ3n) is 12.4. The molecule has 1 unspecified atom stereocenters. The first-order valence-corrected chi connectivity index (χ1v) is 20.2. The first-order valence-electron chi connectivity index (χ1n) is 20.2. The van der Waals surface area contributed by atoms with E-state index < -0.39 is 0 Å². The summed E-state index contributed by atoms with van der Waals surface area (Å²) in [7, 11) is 0. The van der Waals surface area contributed by atoms with Crippen LogP contribution in [0.15, 0.2) is 199 Å². The molecule has 0 bridgehead atoms. The maximum absolute atomic E-state index is 6.33. The van der Waals surface area contributed by atoms with Gasteiger partial charge in [0.1, 0.15) is 11.5 Å². The lowest BCUT2D eigenvalue weighted by Crippen LogP contribution is -2.43. The molecule has 0 spiro atoms. The molecule has 5 heteroatoms. The van der Waals surface area contributed by atoms with Crippen LogP contribution in [-0.2, 0) is 0 Å². The van der Waals surface area contributed by atoms with Crippen molar-refractivity contribution in [3.05, 3.63) is 210 Å². The number of fused-ring (bicyclic) bond motifs is 9. The lowest BCUT2D eigenvalue weighted by Gasteiger charge is -2.29. The third kappa shape index (κ3) is 4.70. The molecule has 2 aliphatic heterocycles. The zero-order valence-corrected chi connectivity index (χ0v) is 31.8. The summed E-state index contributed by atoms with van der Waals surface area (Å²) in [6.45, 7) is 0. The van der Waals surface area contributed by atoms with Crippen molar-refractivity contribution in [3.8, 4) is 39.4 Å². The average molecular weight is 755 g/mol. The van der Waals surface area contributed by atoms with E-state index in [1.54, 1.807) is 0 Å². The van der Waals surface area contributed by atoms with E-state index in [4.69, 9.17) is 9.73 Å². The number of nitrogens with one attached hydrogen (secondary N) is 1. The van der Waals surface area contributed by atoms with Crippen LogP contribution >= 0.6 is 0 Å². The molecule has 276 valence electrons. The maximum Gasteiger partial charge on any atom is 0.201 e. The van der Waals surface area contributed by atoms with Gasteiger partial charge >= 0.3 is 0 Å². The Bertz CT molecular complexity index is 3690. The molecular weight excluding hydrogens is 721 g/mol. The monoisotopic (exact) mass is 754 g/mol. The molecule has 0 aliphatic carbocycles. The Labute approximate surface area is 339 Å². The quantitative estimate of drug-likeness (QED) is 0.194. The average Bonchev–Trinajstić information content (AvgIpc) is 3.81. The number of benzene rings is 9. The molecule has 0 saturated carbocycles. The second kappa shape index (κ2) is 12.3. The Morgan fingerprint density at radius 1 is 0.424 bits per heavy atom. The fourth-order valence-corrected chi connectivity index (χ4v) is 9.75. The summed E-state index contributed by atoms with van der Waals surface area (Å²) < 4.78 is 11.1. The van der Waals surface area contributed by atoms with Crippen LogP contribution in [0.3, 0.4) is 0 Å². The second-order valence-corrected chi connectivity index (χ2v) is 15.5. The van der Waals surface area contributed by atoms with Crippen LogP contribution < -0.4 is 20.6 Å². The summed E-state index contributed by atoms with van der Waals surface area (Å²) in [6.07, 6.45) is -0.354. The lowest BCUT2D eigenvalue weighted by molar-refractivity contribution is 0.447. The number of hydrogen-bond donors (Lipinski definition) is 1. The number of nitrogens with zero attached hydrogens (tertiary/aromatic N) is 3. The van der Waals surface area contributed by atoms with Gasteiger partial charge < -0.3 is 19.2 Å². The van der Waals surface area contributed by atoms with Gasteiger partial charge in [-0.2, -0.15) is 0 Å². The molecular formula is C54H34N4O. The molecule has 0 fully saturated rings. The lowest BCUT2D eigenvalue weighted by atomic mass is 9.97. The summed E-state index contributed by atoms with van der Waals surface area (Å²) >= 11 is 0. The Hall–Kier alpha value is -7.89. The Kier molecular flexibility index (Phi) is 6.72. The number of aromatic nitrogens is 2. The van der Waals surface area contributed by atoms with Crippen LogP contribution in [0.1, 0.15) is 11.9 Å². The normalized spacial score (nSPS) is 14.3. The number of ether oxygens (including phenoxy) is 1. The van der Waals surface area contributed by atoms with E-state index in [-0.39, 0.29) is 6.29 Å². The highest BCUT2D eigenvalue weighted by Gasteiger charge is 2.27. The van der Waals surface area contributed by atoms with Crippen molar-refractivity contribution in [1.29, 1.82) is 0 Å². The number of hydrogen-bond acceptors (Lipinski definition) is 3. The molecule has 0 amide bonds. The van der Waals surface area contributed by atoms with E-state index in [0.717, 1.165) is 44.4 Å². The molecule has 13 rings (SSSR count). The summed E-state index contributed by atoms with van der Waals surface area (Å²) in [4.78, 5) is 5.31. The van der Waals surface area contributed by atoms with Gasteiger partial charge in [0.25, 0.3) is 0 Å². The van der Waals surface area contributed by atoms with Gasteiger partial charge in [-0.25, -0.2) is 4.99 Å². The topological polar surface area (TPSA) is 43.5 Å². The molecule has 9 aromatic carbocycles. The van der Waals surface area contributed by atoms with Crippen LogP contribution in [0.4, 0.5) is 0 Å². The van der Waals surface area contributed by atoms with Gasteiger partial charge in [0, 0.05) is 32.5 Å².